The molecule has 0 spiro atoms. The predicted octanol–water partition coefficient (Wildman–Crippen LogP) is 3.40. The second kappa shape index (κ2) is 7.87. The van der Waals surface area contributed by atoms with E-state index in [9.17, 15) is 9.59 Å². The molecule has 0 unspecified atom stereocenters. The molecule has 0 radical (unpaired) electrons. The number of imide groups is 1. The Kier molecular flexibility index (Phi) is 5.28. The van der Waals surface area contributed by atoms with Crippen molar-refractivity contribution >= 4 is 23.2 Å². The molecule has 2 aromatic carbocycles. The van der Waals surface area contributed by atoms with Crippen LogP contribution in [0, 0.1) is 5.92 Å². The van der Waals surface area contributed by atoms with Gasteiger partial charge in [0.15, 0.2) is 6.10 Å². The SMILES string of the molecule is CCCCN1C(=O)[C@H]2[C@H](ON(c3ccccc3)[C@@H]2c2ccc(N(C)C)cc2)C1=O. The number of carbonyl (C=O) groups excluding carboxylic acids is 2. The lowest BCUT2D eigenvalue weighted by Gasteiger charge is -2.29. The van der Waals surface area contributed by atoms with Gasteiger partial charge in [-0.1, -0.05) is 43.7 Å². The van der Waals surface area contributed by atoms with Crippen molar-refractivity contribution in [2.24, 2.45) is 5.92 Å². The van der Waals surface area contributed by atoms with Crippen molar-refractivity contribution in [2.45, 2.75) is 31.9 Å². The molecule has 0 bridgehead atoms. The third kappa shape index (κ3) is 3.38. The Morgan fingerprint density at radius 1 is 0.966 bits per heavy atom. The van der Waals surface area contributed by atoms with Gasteiger partial charge in [0.1, 0.15) is 5.92 Å². The average Bonchev–Trinajstić information content (AvgIpc) is 3.24. The van der Waals surface area contributed by atoms with E-state index in [2.05, 4.69) is 6.92 Å². The minimum atomic E-state index is -0.766. The number of unbranched alkanes of at least 4 members (excludes halogenated alkanes) is 1. The molecule has 2 saturated heterocycles. The van der Waals surface area contributed by atoms with Crippen molar-refractivity contribution in [2.75, 3.05) is 30.6 Å². The van der Waals surface area contributed by atoms with Gasteiger partial charge in [-0.25, -0.2) is 5.06 Å². The summed E-state index contributed by atoms with van der Waals surface area (Å²) >= 11 is 0. The van der Waals surface area contributed by atoms with Gasteiger partial charge in [0.2, 0.25) is 5.91 Å². The van der Waals surface area contributed by atoms with Crippen LogP contribution in [0.4, 0.5) is 11.4 Å². The molecule has 2 amide bonds. The zero-order valence-electron chi connectivity index (χ0n) is 17.1. The van der Waals surface area contributed by atoms with E-state index in [0.29, 0.717) is 6.54 Å². The van der Waals surface area contributed by atoms with Gasteiger partial charge in [0.05, 0.1) is 11.7 Å². The summed E-state index contributed by atoms with van der Waals surface area (Å²) in [4.78, 5) is 35.7. The molecule has 0 aromatic heterocycles. The minimum Gasteiger partial charge on any atom is -0.378 e. The highest BCUT2D eigenvalue weighted by Crippen LogP contribution is 2.46. The fraction of sp³-hybridized carbons (Fsp3) is 0.391. The summed E-state index contributed by atoms with van der Waals surface area (Å²) in [6.45, 7) is 2.51. The van der Waals surface area contributed by atoms with E-state index >= 15 is 0 Å². The molecule has 2 aromatic rings. The van der Waals surface area contributed by atoms with E-state index in [1.54, 1.807) is 5.06 Å². The van der Waals surface area contributed by atoms with Crippen molar-refractivity contribution in [3.8, 4) is 0 Å². The van der Waals surface area contributed by atoms with Crippen molar-refractivity contribution in [1.29, 1.82) is 0 Å². The molecular weight excluding hydrogens is 366 g/mol. The summed E-state index contributed by atoms with van der Waals surface area (Å²) in [7, 11) is 3.98. The van der Waals surface area contributed by atoms with Crippen molar-refractivity contribution < 1.29 is 14.4 Å². The Balaban J connectivity index is 1.72. The normalized spacial score (nSPS) is 23.6. The quantitative estimate of drug-likeness (QED) is 0.704. The molecule has 4 rings (SSSR count). The number of hydrogen-bond donors (Lipinski definition) is 0. The van der Waals surface area contributed by atoms with Crippen LogP contribution < -0.4 is 9.96 Å². The lowest BCUT2D eigenvalue weighted by atomic mass is 9.90. The lowest BCUT2D eigenvalue weighted by molar-refractivity contribution is -0.143. The molecule has 152 valence electrons. The number of carbonyl (C=O) groups is 2. The van der Waals surface area contributed by atoms with Crippen LogP contribution in [-0.2, 0) is 14.4 Å². The smallest absolute Gasteiger partial charge is 0.261 e. The van der Waals surface area contributed by atoms with Crippen LogP contribution >= 0.6 is 0 Å². The minimum absolute atomic E-state index is 0.131. The summed E-state index contributed by atoms with van der Waals surface area (Å²) in [5.74, 6) is -0.889. The molecule has 0 saturated carbocycles. The van der Waals surface area contributed by atoms with Gasteiger partial charge >= 0.3 is 0 Å². The van der Waals surface area contributed by atoms with Crippen molar-refractivity contribution in [3.63, 3.8) is 0 Å². The van der Waals surface area contributed by atoms with Crippen LogP contribution in [-0.4, -0.2) is 43.5 Å². The number of benzene rings is 2. The molecule has 6 heteroatoms. The van der Waals surface area contributed by atoms with Gasteiger partial charge < -0.3 is 4.90 Å². The number of anilines is 2. The standard InChI is InChI=1S/C23H27N3O3/c1-4-5-15-25-22(27)19-20(16-11-13-17(14-12-16)24(2)3)26(29-21(19)23(25)28)18-9-7-6-8-10-18/h6-14,19-21H,4-5,15H2,1-3H3/t19-,20-,21+/m1/s1. The third-order valence-electron chi connectivity index (χ3n) is 5.70. The Morgan fingerprint density at radius 2 is 1.66 bits per heavy atom. The maximum atomic E-state index is 13.2. The Labute approximate surface area is 171 Å². The zero-order chi connectivity index (χ0) is 20.5. The molecule has 29 heavy (non-hydrogen) atoms. The highest BCUT2D eigenvalue weighted by Gasteiger charge is 2.59. The number of fused-ring (bicyclic) bond motifs is 1. The van der Waals surface area contributed by atoms with Crippen molar-refractivity contribution in [3.05, 3.63) is 60.2 Å². The van der Waals surface area contributed by atoms with E-state index < -0.39 is 12.0 Å². The number of nitrogens with zero attached hydrogens (tertiary/aromatic N) is 3. The first kappa shape index (κ1) is 19.5. The molecule has 0 N–H and O–H groups in total. The molecule has 2 aliphatic heterocycles. The number of para-hydroxylation sites is 1. The van der Waals surface area contributed by atoms with E-state index in [-0.39, 0.29) is 17.9 Å². The van der Waals surface area contributed by atoms with Gasteiger partial charge in [-0.2, -0.15) is 0 Å². The summed E-state index contributed by atoms with van der Waals surface area (Å²) in [5.41, 5.74) is 2.88. The lowest BCUT2D eigenvalue weighted by Crippen LogP contribution is -2.37. The third-order valence-corrected chi connectivity index (χ3v) is 5.70. The zero-order valence-corrected chi connectivity index (χ0v) is 17.1. The number of hydrogen-bond acceptors (Lipinski definition) is 5. The Hall–Kier alpha value is -2.86. The maximum Gasteiger partial charge on any atom is 0.261 e. The van der Waals surface area contributed by atoms with Crippen LogP contribution in [0.2, 0.25) is 0 Å². The van der Waals surface area contributed by atoms with E-state index in [1.165, 1.54) is 4.90 Å². The van der Waals surface area contributed by atoms with Crippen LogP contribution in [0.5, 0.6) is 0 Å². The number of rotatable bonds is 6. The molecular formula is C23H27N3O3. The van der Waals surface area contributed by atoms with Crippen LogP contribution in [0.25, 0.3) is 0 Å². The average molecular weight is 393 g/mol. The molecule has 2 fully saturated rings. The van der Waals surface area contributed by atoms with Gasteiger partial charge in [0.25, 0.3) is 5.91 Å². The number of amides is 2. The highest BCUT2D eigenvalue weighted by molar-refractivity contribution is 6.07. The second-order valence-corrected chi connectivity index (χ2v) is 7.83. The summed E-state index contributed by atoms with van der Waals surface area (Å²) in [6, 6.07) is 17.4. The van der Waals surface area contributed by atoms with E-state index in [0.717, 1.165) is 29.8 Å². The fourth-order valence-electron chi connectivity index (χ4n) is 4.12. The molecule has 3 atom stereocenters. The maximum absolute atomic E-state index is 13.2. The first-order valence-corrected chi connectivity index (χ1v) is 10.2. The second-order valence-electron chi connectivity index (χ2n) is 7.83. The molecule has 2 aliphatic rings. The first-order valence-electron chi connectivity index (χ1n) is 10.2. The Morgan fingerprint density at radius 3 is 2.28 bits per heavy atom. The largest absolute Gasteiger partial charge is 0.378 e. The summed E-state index contributed by atoms with van der Waals surface area (Å²) in [5, 5.41) is 1.74. The summed E-state index contributed by atoms with van der Waals surface area (Å²) < 4.78 is 0. The molecule has 6 nitrogen and oxygen atoms in total. The van der Waals surface area contributed by atoms with Gasteiger partial charge in [-0.05, 0) is 36.2 Å². The van der Waals surface area contributed by atoms with Gasteiger partial charge in [-0.15, -0.1) is 0 Å². The number of hydroxylamine groups is 1. The van der Waals surface area contributed by atoms with Crippen molar-refractivity contribution in [1.82, 2.24) is 4.90 Å². The predicted molar refractivity (Wildman–Crippen MR) is 112 cm³/mol. The van der Waals surface area contributed by atoms with Gasteiger partial charge in [0, 0.05) is 26.3 Å². The highest BCUT2D eigenvalue weighted by atomic mass is 16.7. The monoisotopic (exact) mass is 393 g/mol. The van der Waals surface area contributed by atoms with Crippen LogP contribution in [0.3, 0.4) is 0 Å². The Bertz CT molecular complexity index is 882. The number of likely N-dealkylation sites (tertiary alicyclic amines) is 1. The van der Waals surface area contributed by atoms with E-state index in [4.69, 9.17) is 4.84 Å². The van der Waals surface area contributed by atoms with Crippen LogP contribution in [0.15, 0.2) is 54.6 Å². The molecule has 0 aliphatic carbocycles. The topological polar surface area (TPSA) is 53.1 Å². The fourth-order valence-corrected chi connectivity index (χ4v) is 4.12. The van der Waals surface area contributed by atoms with Crippen LogP contribution in [0.1, 0.15) is 31.4 Å². The van der Waals surface area contributed by atoms with Gasteiger partial charge in [-0.3, -0.25) is 19.3 Å². The molecule has 2 heterocycles. The summed E-state index contributed by atoms with van der Waals surface area (Å²) in [6.07, 6.45) is 0.971. The first-order chi connectivity index (χ1) is 14.0. The van der Waals surface area contributed by atoms with E-state index in [1.807, 2.05) is 73.6 Å².